The van der Waals surface area contributed by atoms with Gasteiger partial charge in [0.15, 0.2) is 6.10 Å². The van der Waals surface area contributed by atoms with Gasteiger partial charge in [0.2, 0.25) is 0 Å². The molecule has 0 aliphatic heterocycles. The van der Waals surface area contributed by atoms with Crippen LogP contribution in [0.15, 0.2) is 24.3 Å². The number of hydrogen-bond donors (Lipinski definition) is 0. The van der Waals surface area contributed by atoms with Crippen LogP contribution in [0.3, 0.4) is 0 Å². The predicted molar refractivity (Wildman–Crippen MR) is 252 cm³/mol. The van der Waals surface area contributed by atoms with Gasteiger partial charge in [0.25, 0.3) is 0 Å². The van der Waals surface area contributed by atoms with Crippen molar-refractivity contribution in [1.82, 2.24) is 0 Å². The van der Waals surface area contributed by atoms with E-state index in [1.165, 1.54) is 167 Å². The first-order chi connectivity index (χ1) is 29.0. The topological polar surface area (TPSA) is 78.9 Å². The highest BCUT2D eigenvalue weighted by Crippen LogP contribution is 2.16. The molecule has 0 aliphatic rings. The highest BCUT2D eigenvalue weighted by atomic mass is 16.6. The number of hydrogen-bond acceptors (Lipinski definition) is 6. The van der Waals surface area contributed by atoms with Crippen molar-refractivity contribution in [2.75, 3.05) is 13.2 Å². The fourth-order valence-corrected chi connectivity index (χ4v) is 7.48. The molecule has 0 heterocycles. The average molecular weight is 831 g/mol. The first-order valence-electron chi connectivity index (χ1n) is 25.8. The predicted octanol–water partition coefficient (Wildman–Crippen LogP) is 16.8. The zero-order chi connectivity index (χ0) is 43.0. The van der Waals surface area contributed by atoms with Crippen molar-refractivity contribution >= 4 is 17.9 Å². The van der Waals surface area contributed by atoms with Crippen LogP contribution in [0.5, 0.6) is 0 Å². The van der Waals surface area contributed by atoms with Crippen molar-refractivity contribution < 1.29 is 28.6 Å². The summed E-state index contributed by atoms with van der Waals surface area (Å²) in [5.74, 6) is -0.880. The van der Waals surface area contributed by atoms with Gasteiger partial charge in [-0.25, -0.2) is 0 Å². The number of carbonyl (C=O) groups is 3. The molecule has 0 aliphatic carbocycles. The van der Waals surface area contributed by atoms with Gasteiger partial charge in [-0.3, -0.25) is 14.4 Å². The lowest BCUT2D eigenvalue weighted by Crippen LogP contribution is -2.30. The molecule has 0 fully saturated rings. The Labute approximate surface area is 366 Å². The second-order valence-corrected chi connectivity index (χ2v) is 17.4. The normalized spacial score (nSPS) is 12.1. The summed E-state index contributed by atoms with van der Waals surface area (Å²) in [7, 11) is 0. The number of rotatable bonds is 47. The summed E-state index contributed by atoms with van der Waals surface area (Å²) in [4.78, 5) is 37.9. The van der Waals surface area contributed by atoms with Gasteiger partial charge < -0.3 is 14.2 Å². The van der Waals surface area contributed by atoms with Crippen molar-refractivity contribution in [3.63, 3.8) is 0 Å². The fourth-order valence-electron chi connectivity index (χ4n) is 7.48. The fraction of sp³-hybridized carbons (Fsp3) is 0.868. The van der Waals surface area contributed by atoms with Crippen molar-refractivity contribution in [2.24, 2.45) is 0 Å². The van der Waals surface area contributed by atoms with Gasteiger partial charge in [-0.15, -0.1) is 0 Å². The van der Waals surface area contributed by atoms with Crippen LogP contribution in [0.25, 0.3) is 0 Å². The summed E-state index contributed by atoms with van der Waals surface area (Å²) in [6.07, 6.45) is 54.4. The van der Waals surface area contributed by atoms with E-state index in [0.717, 1.165) is 70.6 Å². The van der Waals surface area contributed by atoms with Crippen molar-refractivity contribution in [1.29, 1.82) is 0 Å². The number of esters is 3. The number of carbonyl (C=O) groups excluding carboxylic acids is 3. The van der Waals surface area contributed by atoms with E-state index in [4.69, 9.17) is 14.2 Å². The molecule has 0 unspecified atom stereocenters. The monoisotopic (exact) mass is 831 g/mol. The van der Waals surface area contributed by atoms with E-state index >= 15 is 0 Å². The van der Waals surface area contributed by atoms with Gasteiger partial charge in [-0.05, 0) is 64.2 Å². The molecule has 0 N–H and O–H groups in total. The Morgan fingerprint density at radius 3 is 0.898 bits per heavy atom. The number of unbranched alkanes of at least 4 members (excludes halogenated alkanes) is 32. The van der Waals surface area contributed by atoms with E-state index < -0.39 is 6.10 Å². The third-order valence-corrected chi connectivity index (χ3v) is 11.4. The Hall–Kier alpha value is -2.11. The minimum atomic E-state index is -0.772. The van der Waals surface area contributed by atoms with Crippen LogP contribution in [0.4, 0.5) is 0 Å². The highest BCUT2D eigenvalue weighted by molar-refractivity contribution is 5.71. The van der Waals surface area contributed by atoms with Gasteiger partial charge in [-0.2, -0.15) is 0 Å². The molecule has 0 radical (unpaired) electrons. The zero-order valence-electron chi connectivity index (χ0n) is 39.5. The van der Waals surface area contributed by atoms with Gasteiger partial charge in [-0.1, -0.05) is 218 Å². The Morgan fingerprint density at radius 2 is 0.576 bits per heavy atom. The van der Waals surface area contributed by atoms with Crippen molar-refractivity contribution in [3.8, 4) is 0 Å². The largest absolute Gasteiger partial charge is 0.462 e. The van der Waals surface area contributed by atoms with Crippen LogP contribution in [-0.2, 0) is 28.6 Å². The van der Waals surface area contributed by atoms with E-state index in [1.807, 2.05) is 0 Å². The first-order valence-corrected chi connectivity index (χ1v) is 25.8. The summed E-state index contributed by atoms with van der Waals surface area (Å²) in [6, 6.07) is 0. The van der Waals surface area contributed by atoms with Crippen LogP contribution in [0, 0.1) is 0 Å². The molecular formula is C53H98O6. The Morgan fingerprint density at radius 1 is 0.322 bits per heavy atom. The number of allylic oxidation sites excluding steroid dienone is 4. The Kier molecular flexibility index (Phi) is 46.8. The van der Waals surface area contributed by atoms with Crippen LogP contribution in [0.2, 0.25) is 0 Å². The molecule has 59 heavy (non-hydrogen) atoms. The minimum Gasteiger partial charge on any atom is -0.462 e. The van der Waals surface area contributed by atoms with E-state index in [9.17, 15) is 14.4 Å². The highest BCUT2D eigenvalue weighted by Gasteiger charge is 2.19. The molecule has 0 aromatic heterocycles. The van der Waals surface area contributed by atoms with Gasteiger partial charge in [0, 0.05) is 19.3 Å². The second-order valence-electron chi connectivity index (χ2n) is 17.4. The molecule has 0 saturated heterocycles. The Balaban J connectivity index is 4.34. The van der Waals surface area contributed by atoms with Gasteiger partial charge in [0.1, 0.15) is 13.2 Å². The molecule has 6 nitrogen and oxygen atoms in total. The molecule has 0 saturated carbocycles. The summed E-state index contributed by atoms with van der Waals surface area (Å²) >= 11 is 0. The lowest BCUT2D eigenvalue weighted by Gasteiger charge is -2.18. The van der Waals surface area contributed by atoms with Gasteiger partial charge in [0.05, 0.1) is 0 Å². The van der Waals surface area contributed by atoms with Crippen LogP contribution in [0.1, 0.15) is 278 Å². The molecule has 0 spiro atoms. The third kappa shape index (κ3) is 46.8. The summed E-state index contributed by atoms with van der Waals surface area (Å²) in [5, 5.41) is 0. The van der Waals surface area contributed by atoms with Crippen molar-refractivity contribution in [3.05, 3.63) is 24.3 Å². The second kappa shape index (κ2) is 48.6. The van der Waals surface area contributed by atoms with E-state index in [2.05, 4.69) is 45.1 Å². The third-order valence-electron chi connectivity index (χ3n) is 11.4. The zero-order valence-corrected chi connectivity index (χ0v) is 39.5. The summed E-state index contributed by atoms with van der Waals surface area (Å²) in [5.41, 5.74) is 0. The maximum atomic E-state index is 12.8. The molecule has 0 amide bonds. The van der Waals surface area contributed by atoms with Crippen LogP contribution < -0.4 is 0 Å². The van der Waals surface area contributed by atoms with E-state index in [-0.39, 0.29) is 31.1 Å². The number of ether oxygens (including phenoxy) is 3. The summed E-state index contributed by atoms with van der Waals surface area (Å²) in [6.45, 7) is 6.61. The minimum absolute atomic E-state index is 0.0747. The standard InChI is InChI=1S/C53H98O6/c1-4-7-10-13-16-19-22-24-26-28-31-34-37-40-43-46-52(55)58-49-50(48-57-51(54)45-42-39-36-33-30-21-18-15-12-9-6-3)59-53(56)47-44-41-38-35-32-29-27-25-23-20-17-14-11-8-5-2/h15,18,24,26,50H,4-14,16-17,19-23,25,27-49H2,1-3H3/b18-15-,26-24-/t50-/m1/s1. The van der Waals surface area contributed by atoms with Gasteiger partial charge >= 0.3 is 17.9 Å². The molecule has 6 heteroatoms. The quantitative estimate of drug-likeness (QED) is 0.0263. The molecular weight excluding hydrogens is 733 g/mol. The molecule has 1 atom stereocenters. The lowest BCUT2D eigenvalue weighted by atomic mass is 10.0. The van der Waals surface area contributed by atoms with E-state index in [0.29, 0.717) is 19.3 Å². The lowest BCUT2D eigenvalue weighted by molar-refractivity contribution is -0.167. The molecule has 0 aromatic rings. The first kappa shape index (κ1) is 56.9. The van der Waals surface area contributed by atoms with Crippen molar-refractivity contribution in [2.45, 2.75) is 284 Å². The smallest absolute Gasteiger partial charge is 0.306 e. The molecule has 346 valence electrons. The molecule has 0 aromatic carbocycles. The summed E-state index contributed by atoms with van der Waals surface area (Å²) < 4.78 is 16.8. The Bertz CT molecular complexity index is 958. The maximum Gasteiger partial charge on any atom is 0.306 e. The molecule has 0 rings (SSSR count). The SMILES string of the molecule is CCCC/C=C\CCCCCCCC(=O)OC[C@H](COC(=O)CCCCCCC/C=C\CCCCCCCC)OC(=O)CCCCCCCCCCCCCCCCC. The van der Waals surface area contributed by atoms with E-state index in [1.54, 1.807) is 0 Å². The van der Waals surface area contributed by atoms with Crippen LogP contribution >= 0.6 is 0 Å². The maximum absolute atomic E-state index is 12.8. The molecule has 0 bridgehead atoms. The van der Waals surface area contributed by atoms with Crippen LogP contribution in [-0.4, -0.2) is 37.2 Å². The average Bonchev–Trinajstić information content (AvgIpc) is 3.23.